The van der Waals surface area contributed by atoms with Gasteiger partial charge >= 0.3 is 11.9 Å². The molecule has 0 radical (unpaired) electrons. The summed E-state index contributed by atoms with van der Waals surface area (Å²) in [6.07, 6.45) is 5.18. The van der Waals surface area contributed by atoms with Gasteiger partial charge in [-0.2, -0.15) is 0 Å². The Labute approximate surface area is 229 Å². The van der Waals surface area contributed by atoms with Gasteiger partial charge in [-0.15, -0.1) is 0 Å². The second-order valence-electron chi connectivity index (χ2n) is 10.1. The van der Waals surface area contributed by atoms with Gasteiger partial charge in [0.25, 0.3) is 10.0 Å². The van der Waals surface area contributed by atoms with Crippen LogP contribution < -0.4 is 9.46 Å². The number of rotatable bonds is 13. The van der Waals surface area contributed by atoms with Crippen molar-refractivity contribution in [1.29, 1.82) is 0 Å². The van der Waals surface area contributed by atoms with E-state index < -0.39 is 21.6 Å². The Hall–Kier alpha value is -3.92. The molecule has 3 rings (SSSR count). The Morgan fingerprint density at radius 3 is 2.15 bits per heavy atom. The number of carbonyl (C=O) groups excluding carboxylic acids is 1. The van der Waals surface area contributed by atoms with Crippen molar-refractivity contribution in [2.45, 2.75) is 70.0 Å². The van der Waals surface area contributed by atoms with Crippen molar-refractivity contribution < 1.29 is 32.6 Å². The van der Waals surface area contributed by atoms with Crippen molar-refractivity contribution in [2.75, 3.05) is 4.72 Å². The number of esters is 1. The third-order valence-electron chi connectivity index (χ3n) is 5.58. The average molecular weight is 555 g/mol. The number of aryl methyl sites for hydroxylation is 1. The number of carboxylic acid groups (broad SMARTS) is 1. The standard InChI is InChI=1S/C29H34N2O7S/c1-29(2,3)38-27(32)8-6-4-5-7-21-9-14-24(15-10-21)37-20-22-11-16-25(17-12-22)39(35,36)31-26-18-13-23(19-30-26)28(33)34/h9-19H,4-8,20H2,1-3H3,(H,30,31)(H,33,34). The van der Waals surface area contributed by atoms with E-state index in [-0.39, 0.29) is 28.9 Å². The average Bonchev–Trinajstić information content (AvgIpc) is 2.87. The highest BCUT2D eigenvalue weighted by atomic mass is 32.2. The summed E-state index contributed by atoms with van der Waals surface area (Å²) in [5.74, 6) is -0.567. The predicted octanol–water partition coefficient (Wildman–Crippen LogP) is 5.60. The van der Waals surface area contributed by atoms with Gasteiger partial charge in [-0.3, -0.25) is 9.52 Å². The summed E-state index contributed by atoms with van der Waals surface area (Å²) in [5.41, 5.74) is 1.51. The molecule has 10 heteroatoms. The first-order valence-corrected chi connectivity index (χ1v) is 14.1. The van der Waals surface area contributed by atoms with E-state index in [1.165, 1.54) is 29.8 Å². The van der Waals surface area contributed by atoms with Gasteiger partial charge in [-0.25, -0.2) is 18.2 Å². The van der Waals surface area contributed by atoms with E-state index in [1.54, 1.807) is 12.1 Å². The van der Waals surface area contributed by atoms with Gasteiger partial charge in [0.2, 0.25) is 0 Å². The molecule has 0 atom stereocenters. The lowest BCUT2D eigenvalue weighted by Crippen LogP contribution is -2.23. The molecule has 0 saturated heterocycles. The maximum atomic E-state index is 12.6. The zero-order valence-corrected chi connectivity index (χ0v) is 23.2. The number of nitrogens with one attached hydrogen (secondary N) is 1. The van der Waals surface area contributed by atoms with Gasteiger partial charge < -0.3 is 14.6 Å². The number of carbonyl (C=O) groups is 2. The molecule has 0 fully saturated rings. The van der Waals surface area contributed by atoms with Crippen LogP contribution in [-0.4, -0.2) is 36.0 Å². The van der Waals surface area contributed by atoms with Gasteiger partial charge in [0.05, 0.1) is 10.5 Å². The van der Waals surface area contributed by atoms with Crippen molar-refractivity contribution in [3.8, 4) is 5.75 Å². The first-order chi connectivity index (χ1) is 18.4. The summed E-state index contributed by atoms with van der Waals surface area (Å²) in [6, 6.07) is 16.7. The monoisotopic (exact) mass is 554 g/mol. The third kappa shape index (κ3) is 10.0. The SMILES string of the molecule is CC(C)(C)OC(=O)CCCCCc1ccc(OCc2ccc(S(=O)(=O)Nc3ccc(C(=O)O)cn3)cc2)cc1. The number of aromatic nitrogens is 1. The van der Waals surface area contributed by atoms with E-state index in [9.17, 15) is 18.0 Å². The van der Waals surface area contributed by atoms with E-state index >= 15 is 0 Å². The summed E-state index contributed by atoms with van der Waals surface area (Å²) in [6.45, 7) is 5.88. The molecule has 3 aromatic rings. The molecule has 0 unspecified atom stereocenters. The predicted molar refractivity (Wildman–Crippen MR) is 147 cm³/mol. The molecule has 0 aliphatic heterocycles. The smallest absolute Gasteiger partial charge is 0.337 e. The number of sulfonamides is 1. The number of ether oxygens (including phenoxy) is 2. The summed E-state index contributed by atoms with van der Waals surface area (Å²) >= 11 is 0. The number of aromatic carboxylic acids is 1. The van der Waals surface area contributed by atoms with Crippen LogP contribution >= 0.6 is 0 Å². The Kier molecular flexibility index (Phi) is 10.1. The zero-order chi connectivity index (χ0) is 28.5. The molecule has 0 aliphatic carbocycles. The molecule has 208 valence electrons. The number of unbranched alkanes of at least 4 members (excludes halogenated alkanes) is 2. The van der Waals surface area contributed by atoms with Crippen LogP contribution in [0.15, 0.2) is 71.8 Å². The van der Waals surface area contributed by atoms with Gasteiger partial charge in [-0.1, -0.05) is 30.7 Å². The highest BCUT2D eigenvalue weighted by molar-refractivity contribution is 7.92. The molecule has 2 N–H and O–H groups in total. The fraction of sp³-hybridized carbons (Fsp3) is 0.345. The summed E-state index contributed by atoms with van der Waals surface area (Å²) in [7, 11) is -3.88. The molecule has 0 saturated carbocycles. The van der Waals surface area contributed by atoms with E-state index in [1.807, 2.05) is 45.0 Å². The Morgan fingerprint density at radius 1 is 0.897 bits per heavy atom. The van der Waals surface area contributed by atoms with Crippen molar-refractivity contribution in [2.24, 2.45) is 0 Å². The first-order valence-electron chi connectivity index (χ1n) is 12.7. The van der Waals surface area contributed by atoms with Crippen LogP contribution in [0.3, 0.4) is 0 Å². The second-order valence-corrected chi connectivity index (χ2v) is 11.7. The lowest BCUT2D eigenvalue weighted by molar-refractivity contribution is -0.154. The fourth-order valence-corrected chi connectivity index (χ4v) is 4.64. The topological polar surface area (TPSA) is 132 Å². The lowest BCUT2D eigenvalue weighted by Gasteiger charge is -2.19. The van der Waals surface area contributed by atoms with Gasteiger partial charge in [0.1, 0.15) is 23.8 Å². The van der Waals surface area contributed by atoms with Crippen LogP contribution in [0.4, 0.5) is 5.82 Å². The molecule has 2 aromatic carbocycles. The molecular formula is C29H34N2O7S. The number of carboxylic acids is 1. The van der Waals surface area contributed by atoms with Crippen LogP contribution in [-0.2, 0) is 32.6 Å². The molecular weight excluding hydrogens is 520 g/mol. The second kappa shape index (κ2) is 13.2. The zero-order valence-electron chi connectivity index (χ0n) is 22.3. The Balaban J connectivity index is 1.42. The fourth-order valence-electron chi connectivity index (χ4n) is 3.63. The van der Waals surface area contributed by atoms with Gasteiger partial charge in [-0.05, 0) is 87.6 Å². The summed E-state index contributed by atoms with van der Waals surface area (Å²) in [5, 5.41) is 8.93. The molecule has 1 aromatic heterocycles. The minimum atomic E-state index is -3.88. The number of nitrogens with zero attached hydrogens (tertiary/aromatic N) is 1. The highest BCUT2D eigenvalue weighted by Gasteiger charge is 2.16. The number of hydrogen-bond acceptors (Lipinski definition) is 7. The summed E-state index contributed by atoms with van der Waals surface area (Å²) in [4.78, 5) is 26.6. The normalized spacial score (nSPS) is 11.6. The quantitative estimate of drug-likeness (QED) is 0.206. The largest absolute Gasteiger partial charge is 0.489 e. The molecule has 0 aliphatic rings. The molecule has 0 bridgehead atoms. The summed E-state index contributed by atoms with van der Waals surface area (Å²) < 4.78 is 38.7. The number of anilines is 1. The molecule has 0 spiro atoms. The maximum Gasteiger partial charge on any atom is 0.337 e. The van der Waals surface area contributed by atoms with Crippen LogP contribution in [0.5, 0.6) is 5.75 Å². The van der Waals surface area contributed by atoms with Crippen molar-refractivity contribution >= 4 is 27.8 Å². The number of benzene rings is 2. The van der Waals surface area contributed by atoms with Gasteiger partial charge in [0, 0.05) is 12.6 Å². The Morgan fingerprint density at radius 2 is 1.56 bits per heavy atom. The van der Waals surface area contributed by atoms with Crippen LogP contribution in [0.1, 0.15) is 67.9 Å². The van der Waals surface area contributed by atoms with E-state index in [0.29, 0.717) is 12.2 Å². The van der Waals surface area contributed by atoms with Crippen molar-refractivity contribution in [3.05, 3.63) is 83.6 Å². The van der Waals surface area contributed by atoms with E-state index in [0.717, 1.165) is 37.4 Å². The van der Waals surface area contributed by atoms with Crippen molar-refractivity contribution in [3.63, 3.8) is 0 Å². The first kappa shape index (κ1) is 29.6. The minimum absolute atomic E-state index is 0.0247. The minimum Gasteiger partial charge on any atom is -0.489 e. The molecule has 1 heterocycles. The van der Waals surface area contributed by atoms with Crippen molar-refractivity contribution in [1.82, 2.24) is 4.98 Å². The Bertz CT molecular complexity index is 1350. The van der Waals surface area contributed by atoms with Gasteiger partial charge in [0.15, 0.2) is 0 Å². The third-order valence-corrected chi connectivity index (χ3v) is 6.95. The number of hydrogen-bond donors (Lipinski definition) is 2. The molecule has 9 nitrogen and oxygen atoms in total. The maximum absolute atomic E-state index is 12.6. The van der Waals surface area contributed by atoms with E-state index in [2.05, 4.69) is 9.71 Å². The highest BCUT2D eigenvalue weighted by Crippen LogP contribution is 2.19. The number of pyridine rings is 1. The molecule has 39 heavy (non-hydrogen) atoms. The van der Waals surface area contributed by atoms with Crippen LogP contribution in [0, 0.1) is 0 Å². The molecule has 0 amide bonds. The van der Waals surface area contributed by atoms with Crippen LogP contribution in [0.25, 0.3) is 0 Å². The van der Waals surface area contributed by atoms with Crippen LogP contribution in [0.2, 0.25) is 0 Å². The lowest BCUT2D eigenvalue weighted by atomic mass is 10.1. The van der Waals surface area contributed by atoms with E-state index in [4.69, 9.17) is 14.6 Å².